The molecule has 1 fully saturated rings. The fourth-order valence-corrected chi connectivity index (χ4v) is 4.10. The van der Waals surface area contributed by atoms with Crippen LogP contribution in [0.2, 0.25) is 0 Å². The Balaban J connectivity index is 2.10. The summed E-state index contributed by atoms with van der Waals surface area (Å²) in [7, 11) is 0.584. The van der Waals surface area contributed by atoms with Gasteiger partial charge in [0.25, 0.3) is 0 Å². The molecular weight excluding hydrogens is 176 g/mol. The molecule has 0 spiro atoms. The minimum Gasteiger partial charge on any atom is -0.0543 e. The lowest BCUT2D eigenvalue weighted by atomic mass is 10.2. The van der Waals surface area contributed by atoms with Crippen molar-refractivity contribution in [3.05, 3.63) is 29.8 Å². The fraction of sp³-hybridized carbons (Fsp3) is 0.500. The van der Waals surface area contributed by atoms with Crippen molar-refractivity contribution < 1.29 is 0 Å². The topological polar surface area (TPSA) is 0 Å². The summed E-state index contributed by atoms with van der Waals surface area (Å²) in [4.78, 5) is 1.59. The lowest BCUT2D eigenvalue weighted by Gasteiger charge is -2.12. The largest absolute Gasteiger partial charge is 0.154 e. The lowest BCUT2D eigenvalue weighted by molar-refractivity contribution is 0.756. The molecule has 1 aliphatic heterocycles. The van der Waals surface area contributed by atoms with Crippen molar-refractivity contribution in [2.45, 2.75) is 31.1 Å². The summed E-state index contributed by atoms with van der Waals surface area (Å²) in [5.74, 6) is 2.87. The molecule has 1 aliphatic rings. The van der Waals surface area contributed by atoms with Gasteiger partial charge in [-0.1, -0.05) is 17.7 Å². The zero-order chi connectivity index (χ0) is 9.10. The molecule has 0 nitrogen and oxygen atoms in total. The van der Waals surface area contributed by atoms with E-state index in [1.165, 1.54) is 36.3 Å². The Morgan fingerprint density at radius 3 is 2.15 bits per heavy atom. The molecule has 70 valence electrons. The van der Waals surface area contributed by atoms with Crippen molar-refractivity contribution in [2.24, 2.45) is 0 Å². The monoisotopic (exact) mass is 193 g/mol. The Labute approximate surface area is 83.7 Å². The normalized spacial score (nSPS) is 18.8. The van der Waals surface area contributed by atoms with E-state index < -0.39 is 0 Å². The smallest absolute Gasteiger partial charge is 0.0543 e. The molecule has 0 amide bonds. The van der Waals surface area contributed by atoms with E-state index in [0.717, 1.165) is 0 Å². The molecule has 0 atom stereocenters. The van der Waals surface area contributed by atoms with Gasteiger partial charge >= 0.3 is 0 Å². The van der Waals surface area contributed by atoms with Crippen LogP contribution in [-0.4, -0.2) is 11.5 Å². The SMILES string of the molecule is Cc1ccc([S+]2CCCCC2)cc1. The predicted octanol–water partition coefficient (Wildman–Crippen LogP) is 3.16. The Hall–Kier alpha value is -0.430. The highest BCUT2D eigenvalue weighted by atomic mass is 32.2. The minimum atomic E-state index is 0.584. The molecule has 2 rings (SSSR count). The number of rotatable bonds is 1. The van der Waals surface area contributed by atoms with Crippen molar-refractivity contribution in [1.82, 2.24) is 0 Å². The number of hydrogen-bond acceptors (Lipinski definition) is 0. The predicted molar refractivity (Wildman–Crippen MR) is 60.4 cm³/mol. The third-order valence-electron chi connectivity index (χ3n) is 2.64. The van der Waals surface area contributed by atoms with Crippen LogP contribution in [0.3, 0.4) is 0 Å². The number of aryl methyl sites for hydroxylation is 1. The van der Waals surface area contributed by atoms with Gasteiger partial charge in [-0.25, -0.2) is 0 Å². The van der Waals surface area contributed by atoms with Gasteiger partial charge in [-0.15, -0.1) is 0 Å². The van der Waals surface area contributed by atoms with Crippen LogP contribution in [0.25, 0.3) is 0 Å². The lowest BCUT2D eigenvalue weighted by Crippen LogP contribution is -2.17. The first kappa shape index (κ1) is 9.14. The molecule has 0 radical (unpaired) electrons. The number of hydrogen-bond donors (Lipinski definition) is 0. The Kier molecular flexibility index (Phi) is 2.94. The van der Waals surface area contributed by atoms with Gasteiger partial charge in [0.15, 0.2) is 4.90 Å². The summed E-state index contributed by atoms with van der Waals surface area (Å²) in [6.07, 6.45) is 4.34. The van der Waals surface area contributed by atoms with Crippen LogP contribution in [0.15, 0.2) is 29.2 Å². The third-order valence-corrected chi connectivity index (χ3v) is 5.14. The molecule has 1 heteroatoms. The second-order valence-electron chi connectivity index (χ2n) is 3.77. The van der Waals surface area contributed by atoms with Gasteiger partial charge in [0, 0.05) is 10.9 Å². The van der Waals surface area contributed by atoms with Gasteiger partial charge in [0.05, 0.1) is 0 Å². The Morgan fingerprint density at radius 2 is 1.54 bits per heavy atom. The van der Waals surface area contributed by atoms with Crippen LogP contribution in [0, 0.1) is 6.92 Å². The number of benzene rings is 1. The van der Waals surface area contributed by atoms with Crippen LogP contribution in [0.5, 0.6) is 0 Å². The van der Waals surface area contributed by atoms with Crippen molar-refractivity contribution in [3.63, 3.8) is 0 Å². The molecule has 1 aromatic rings. The fourth-order valence-electron chi connectivity index (χ4n) is 1.80. The van der Waals surface area contributed by atoms with Gasteiger partial charge in [-0.2, -0.15) is 0 Å². The molecule has 0 saturated carbocycles. The second kappa shape index (κ2) is 4.19. The quantitative estimate of drug-likeness (QED) is 0.601. The van der Waals surface area contributed by atoms with Gasteiger partial charge in [-0.3, -0.25) is 0 Å². The van der Waals surface area contributed by atoms with E-state index in [0.29, 0.717) is 10.9 Å². The first-order valence-electron chi connectivity index (χ1n) is 5.10. The van der Waals surface area contributed by atoms with Crippen molar-refractivity contribution in [3.8, 4) is 0 Å². The van der Waals surface area contributed by atoms with Crippen molar-refractivity contribution in [1.29, 1.82) is 0 Å². The van der Waals surface area contributed by atoms with E-state index in [9.17, 15) is 0 Å². The maximum Gasteiger partial charge on any atom is 0.154 e. The molecule has 0 unspecified atom stereocenters. The van der Waals surface area contributed by atoms with Crippen molar-refractivity contribution in [2.75, 3.05) is 11.5 Å². The van der Waals surface area contributed by atoms with E-state index in [-0.39, 0.29) is 0 Å². The zero-order valence-corrected chi connectivity index (χ0v) is 9.07. The maximum atomic E-state index is 2.32. The van der Waals surface area contributed by atoms with E-state index in [4.69, 9.17) is 0 Å². The molecule has 0 N–H and O–H groups in total. The average Bonchev–Trinajstić information content (AvgIpc) is 2.20. The van der Waals surface area contributed by atoms with E-state index in [2.05, 4.69) is 31.2 Å². The summed E-state index contributed by atoms with van der Waals surface area (Å²) in [5, 5.41) is 0. The van der Waals surface area contributed by atoms with Crippen molar-refractivity contribution >= 4 is 10.9 Å². The van der Waals surface area contributed by atoms with Gasteiger partial charge in [0.1, 0.15) is 11.5 Å². The van der Waals surface area contributed by atoms with Gasteiger partial charge in [0.2, 0.25) is 0 Å². The molecule has 0 bridgehead atoms. The zero-order valence-electron chi connectivity index (χ0n) is 8.25. The van der Waals surface area contributed by atoms with Crippen LogP contribution in [0.1, 0.15) is 24.8 Å². The van der Waals surface area contributed by atoms with Crippen LogP contribution in [-0.2, 0) is 10.9 Å². The summed E-state index contributed by atoms with van der Waals surface area (Å²) < 4.78 is 0. The third kappa shape index (κ3) is 2.28. The average molecular weight is 193 g/mol. The first-order valence-corrected chi connectivity index (χ1v) is 6.67. The standard InChI is InChI=1S/C12H17S/c1-11-5-7-12(8-6-11)13-9-3-2-4-10-13/h5-8H,2-4,9-10H2,1H3/q+1. The highest BCUT2D eigenvalue weighted by molar-refractivity contribution is 7.96. The molecular formula is C12H17S+. The van der Waals surface area contributed by atoms with Crippen LogP contribution < -0.4 is 0 Å². The van der Waals surface area contributed by atoms with Crippen LogP contribution >= 0.6 is 0 Å². The summed E-state index contributed by atoms with van der Waals surface area (Å²) in [6.45, 7) is 2.16. The summed E-state index contributed by atoms with van der Waals surface area (Å²) in [5.41, 5.74) is 1.38. The highest BCUT2D eigenvalue weighted by Gasteiger charge is 2.23. The van der Waals surface area contributed by atoms with Gasteiger partial charge < -0.3 is 0 Å². The van der Waals surface area contributed by atoms with Crippen LogP contribution in [0.4, 0.5) is 0 Å². The maximum absolute atomic E-state index is 2.32. The Morgan fingerprint density at radius 1 is 0.923 bits per heavy atom. The molecule has 13 heavy (non-hydrogen) atoms. The molecule has 1 heterocycles. The Bertz CT molecular complexity index is 257. The molecule has 1 aromatic carbocycles. The minimum absolute atomic E-state index is 0.584. The molecule has 1 saturated heterocycles. The van der Waals surface area contributed by atoms with E-state index >= 15 is 0 Å². The first-order chi connectivity index (χ1) is 6.36. The van der Waals surface area contributed by atoms with E-state index in [1.807, 2.05) is 0 Å². The summed E-state index contributed by atoms with van der Waals surface area (Å²) >= 11 is 0. The molecule has 0 aliphatic carbocycles. The summed E-state index contributed by atoms with van der Waals surface area (Å²) in [6, 6.07) is 9.14. The van der Waals surface area contributed by atoms with E-state index in [1.54, 1.807) is 4.90 Å². The second-order valence-corrected chi connectivity index (χ2v) is 6.05. The molecule has 0 aromatic heterocycles. The van der Waals surface area contributed by atoms with Gasteiger partial charge in [-0.05, 0) is 38.3 Å². The highest BCUT2D eigenvalue weighted by Crippen LogP contribution is 2.22.